The lowest BCUT2D eigenvalue weighted by atomic mass is 10.1. The number of nitrogens with zero attached hydrogens (tertiary/aromatic N) is 2. The van der Waals surface area contributed by atoms with E-state index in [1.807, 2.05) is 0 Å². The van der Waals surface area contributed by atoms with Gasteiger partial charge in [0, 0.05) is 38.8 Å². The van der Waals surface area contributed by atoms with Gasteiger partial charge in [-0.05, 0) is 38.6 Å². The van der Waals surface area contributed by atoms with Gasteiger partial charge in [-0.15, -0.1) is 0 Å². The summed E-state index contributed by atoms with van der Waals surface area (Å²) in [6.45, 7) is 9.52. The molecule has 2 N–H and O–H groups in total. The van der Waals surface area contributed by atoms with Crippen LogP contribution in [0.5, 0.6) is 0 Å². The minimum absolute atomic E-state index is 0.679. The molecule has 2 fully saturated rings. The molecule has 0 radical (unpaired) electrons. The van der Waals surface area contributed by atoms with E-state index in [2.05, 4.69) is 16.7 Å². The predicted octanol–water partition coefficient (Wildman–Crippen LogP) is 0.751. The maximum atomic E-state index is 5.60. The van der Waals surface area contributed by atoms with Crippen LogP contribution in [0.15, 0.2) is 0 Å². The smallest absolute Gasteiger partial charge is 0.0113 e. The molecule has 2 aliphatic rings. The first-order valence-electron chi connectivity index (χ1n) is 6.46. The van der Waals surface area contributed by atoms with Crippen LogP contribution in [0.3, 0.4) is 0 Å². The van der Waals surface area contributed by atoms with Crippen molar-refractivity contribution in [2.24, 2.45) is 11.7 Å². The van der Waals surface area contributed by atoms with Gasteiger partial charge >= 0.3 is 0 Å². The highest BCUT2D eigenvalue weighted by Crippen LogP contribution is 2.30. The van der Waals surface area contributed by atoms with Crippen molar-refractivity contribution in [2.75, 3.05) is 39.3 Å². The molecule has 0 spiro atoms. The molecule has 88 valence electrons. The van der Waals surface area contributed by atoms with Gasteiger partial charge in [-0.2, -0.15) is 0 Å². The summed E-state index contributed by atoms with van der Waals surface area (Å²) < 4.78 is 0. The fraction of sp³-hybridized carbons (Fsp3) is 1.00. The molecule has 1 saturated carbocycles. The maximum Gasteiger partial charge on any atom is 0.0113 e. The van der Waals surface area contributed by atoms with Crippen LogP contribution in [0, 0.1) is 5.92 Å². The molecule has 2 rings (SSSR count). The van der Waals surface area contributed by atoms with Crippen LogP contribution in [0.2, 0.25) is 0 Å². The topological polar surface area (TPSA) is 32.5 Å². The Morgan fingerprint density at radius 2 is 1.87 bits per heavy atom. The highest BCUT2D eigenvalue weighted by Gasteiger charge is 2.27. The average Bonchev–Trinajstić information content (AvgIpc) is 3.03. The normalized spacial score (nSPS) is 26.8. The summed E-state index contributed by atoms with van der Waals surface area (Å²) >= 11 is 0. The summed E-state index contributed by atoms with van der Waals surface area (Å²) in [5.74, 6) is 1.04. The van der Waals surface area contributed by atoms with E-state index in [0.717, 1.165) is 18.9 Å². The molecule has 0 aromatic carbocycles. The lowest BCUT2D eigenvalue weighted by Crippen LogP contribution is -2.50. The second-order valence-corrected chi connectivity index (χ2v) is 5.21. The largest absolute Gasteiger partial charge is 0.330 e. The zero-order chi connectivity index (χ0) is 10.7. The molecule has 0 amide bonds. The third-order valence-corrected chi connectivity index (χ3v) is 3.83. The Morgan fingerprint density at radius 1 is 1.20 bits per heavy atom. The van der Waals surface area contributed by atoms with Gasteiger partial charge in [0.15, 0.2) is 0 Å². The summed E-state index contributed by atoms with van der Waals surface area (Å²) in [7, 11) is 0. The van der Waals surface area contributed by atoms with Crippen molar-refractivity contribution >= 4 is 0 Å². The molecular formula is C12H25N3. The molecule has 15 heavy (non-hydrogen) atoms. The van der Waals surface area contributed by atoms with E-state index in [1.165, 1.54) is 45.6 Å². The molecule has 0 bridgehead atoms. The third kappa shape index (κ3) is 3.44. The zero-order valence-corrected chi connectivity index (χ0v) is 9.99. The van der Waals surface area contributed by atoms with Crippen LogP contribution in [0.1, 0.15) is 26.2 Å². The van der Waals surface area contributed by atoms with E-state index in [0.29, 0.717) is 6.04 Å². The molecule has 1 aliphatic heterocycles. The predicted molar refractivity (Wildman–Crippen MR) is 63.9 cm³/mol. The Hall–Kier alpha value is -0.120. The van der Waals surface area contributed by atoms with Crippen LogP contribution < -0.4 is 5.73 Å². The van der Waals surface area contributed by atoms with Crippen molar-refractivity contribution in [2.45, 2.75) is 32.2 Å². The third-order valence-electron chi connectivity index (χ3n) is 3.83. The Morgan fingerprint density at radius 3 is 2.40 bits per heavy atom. The number of hydrogen-bond acceptors (Lipinski definition) is 3. The zero-order valence-electron chi connectivity index (χ0n) is 9.99. The number of hydrogen-bond donors (Lipinski definition) is 1. The number of nitrogens with two attached hydrogens (primary N) is 1. The number of piperazine rings is 1. The van der Waals surface area contributed by atoms with E-state index in [-0.39, 0.29) is 0 Å². The highest BCUT2D eigenvalue weighted by atomic mass is 15.3. The first-order chi connectivity index (χ1) is 7.29. The van der Waals surface area contributed by atoms with Gasteiger partial charge in [-0.25, -0.2) is 0 Å². The van der Waals surface area contributed by atoms with E-state index in [1.54, 1.807) is 0 Å². The van der Waals surface area contributed by atoms with Gasteiger partial charge < -0.3 is 10.6 Å². The van der Waals surface area contributed by atoms with Crippen molar-refractivity contribution in [3.63, 3.8) is 0 Å². The van der Waals surface area contributed by atoms with Crippen LogP contribution in [-0.4, -0.2) is 55.1 Å². The molecule has 1 aliphatic carbocycles. The summed E-state index contributed by atoms with van der Waals surface area (Å²) in [6, 6.07) is 0.679. The maximum absolute atomic E-state index is 5.60. The minimum atomic E-state index is 0.679. The lowest BCUT2D eigenvalue weighted by molar-refractivity contribution is 0.0968. The summed E-state index contributed by atoms with van der Waals surface area (Å²) in [6.07, 6.45) is 4.09. The molecule has 1 heterocycles. The molecular weight excluding hydrogens is 186 g/mol. The van der Waals surface area contributed by atoms with Gasteiger partial charge in [0.05, 0.1) is 0 Å². The molecule has 1 saturated heterocycles. The summed E-state index contributed by atoms with van der Waals surface area (Å²) in [4.78, 5) is 5.24. The Kier molecular flexibility index (Phi) is 4.00. The fourth-order valence-electron chi connectivity index (χ4n) is 2.48. The average molecular weight is 211 g/mol. The monoisotopic (exact) mass is 211 g/mol. The van der Waals surface area contributed by atoms with Gasteiger partial charge in [0.25, 0.3) is 0 Å². The van der Waals surface area contributed by atoms with E-state index < -0.39 is 0 Å². The Bertz CT molecular complexity index is 183. The molecule has 0 aromatic rings. The quantitative estimate of drug-likeness (QED) is 0.728. The van der Waals surface area contributed by atoms with Gasteiger partial charge in [-0.1, -0.05) is 0 Å². The van der Waals surface area contributed by atoms with Crippen LogP contribution in [0.25, 0.3) is 0 Å². The van der Waals surface area contributed by atoms with Gasteiger partial charge in [0.1, 0.15) is 0 Å². The molecule has 3 nitrogen and oxygen atoms in total. The first-order valence-corrected chi connectivity index (χ1v) is 6.46. The lowest BCUT2D eigenvalue weighted by Gasteiger charge is -2.38. The molecule has 1 unspecified atom stereocenters. The second-order valence-electron chi connectivity index (χ2n) is 5.21. The minimum Gasteiger partial charge on any atom is -0.330 e. The van der Waals surface area contributed by atoms with Crippen molar-refractivity contribution in [1.29, 1.82) is 0 Å². The standard InChI is InChI=1S/C12H25N3/c1-11(4-5-13)15-8-6-14(7-9-15)10-12-2-3-12/h11-12H,2-10,13H2,1H3. The Labute approximate surface area is 93.6 Å². The number of rotatable bonds is 5. The first kappa shape index (κ1) is 11.4. The van der Waals surface area contributed by atoms with E-state index in [9.17, 15) is 0 Å². The fourth-order valence-corrected chi connectivity index (χ4v) is 2.48. The molecule has 1 atom stereocenters. The van der Waals surface area contributed by atoms with Crippen molar-refractivity contribution in [3.8, 4) is 0 Å². The molecule has 0 aromatic heterocycles. The second kappa shape index (κ2) is 5.28. The van der Waals surface area contributed by atoms with Crippen molar-refractivity contribution < 1.29 is 0 Å². The van der Waals surface area contributed by atoms with E-state index in [4.69, 9.17) is 5.73 Å². The highest BCUT2D eigenvalue weighted by molar-refractivity contribution is 4.82. The van der Waals surface area contributed by atoms with Gasteiger partial charge in [0.2, 0.25) is 0 Å². The summed E-state index contributed by atoms with van der Waals surface area (Å²) in [5.41, 5.74) is 5.60. The molecule has 3 heteroatoms. The summed E-state index contributed by atoms with van der Waals surface area (Å²) in [5, 5.41) is 0. The van der Waals surface area contributed by atoms with Crippen molar-refractivity contribution in [1.82, 2.24) is 9.80 Å². The van der Waals surface area contributed by atoms with Gasteiger partial charge in [-0.3, -0.25) is 4.90 Å². The van der Waals surface area contributed by atoms with Crippen LogP contribution in [0.4, 0.5) is 0 Å². The SMILES string of the molecule is CC(CCN)N1CCN(CC2CC2)CC1. The van der Waals surface area contributed by atoms with Crippen LogP contribution >= 0.6 is 0 Å². The van der Waals surface area contributed by atoms with Crippen molar-refractivity contribution in [3.05, 3.63) is 0 Å². The Balaban J connectivity index is 1.66. The van der Waals surface area contributed by atoms with Crippen LogP contribution in [-0.2, 0) is 0 Å². The van der Waals surface area contributed by atoms with E-state index >= 15 is 0 Å².